The zero-order chi connectivity index (χ0) is 15.7. The lowest BCUT2D eigenvalue weighted by Gasteiger charge is -2.23. The molecule has 0 radical (unpaired) electrons. The lowest BCUT2D eigenvalue weighted by atomic mass is 10.2. The highest BCUT2D eigenvalue weighted by molar-refractivity contribution is 9.10. The van der Waals surface area contributed by atoms with Crippen LogP contribution in [0.4, 0.5) is 4.79 Å². The van der Waals surface area contributed by atoms with Crippen LogP contribution < -0.4 is 0 Å². The van der Waals surface area contributed by atoms with Gasteiger partial charge in [-0.2, -0.15) is 0 Å². The highest BCUT2D eigenvalue weighted by Crippen LogP contribution is 2.24. The Labute approximate surface area is 136 Å². The molecule has 1 unspecified atom stereocenters. The van der Waals surface area contributed by atoms with Crippen molar-refractivity contribution in [3.63, 3.8) is 0 Å². The van der Waals surface area contributed by atoms with Gasteiger partial charge in [-0.25, -0.2) is 4.79 Å². The van der Waals surface area contributed by atoms with Crippen molar-refractivity contribution < 1.29 is 9.90 Å². The Kier molecular flexibility index (Phi) is 4.15. The van der Waals surface area contributed by atoms with Crippen LogP contribution in [0.25, 0.3) is 11.4 Å². The van der Waals surface area contributed by atoms with Gasteiger partial charge < -0.3 is 14.6 Å². The van der Waals surface area contributed by atoms with Crippen LogP contribution in [-0.2, 0) is 6.54 Å². The number of amides is 1. The first-order valence-electron chi connectivity index (χ1n) is 7.21. The molecule has 2 aromatic rings. The first-order valence-corrected chi connectivity index (χ1v) is 8.01. The molecule has 1 aliphatic heterocycles. The molecular weight excluding hydrogens is 348 g/mol. The van der Waals surface area contributed by atoms with Crippen LogP contribution in [0.3, 0.4) is 0 Å². The zero-order valence-electron chi connectivity index (χ0n) is 12.2. The van der Waals surface area contributed by atoms with Crippen LogP contribution in [-0.4, -0.2) is 43.5 Å². The fourth-order valence-electron chi connectivity index (χ4n) is 2.90. The number of aryl methyl sites for hydroxylation is 1. The molecule has 116 valence electrons. The van der Waals surface area contributed by atoms with E-state index in [9.17, 15) is 9.90 Å². The quantitative estimate of drug-likeness (QED) is 0.907. The number of likely N-dealkylation sites (tertiary alicyclic amines) is 1. The van der Waals surface area contributed by atoms with E-state index in [-0.39, 0.29) is 6.04 Å². The normalized spacial score (nSPS) is 17.9. The van der Waals surface area contributed by atoms with Gasteiger partial charge in [-0.3, -0.25) is 0 Å². The van der Waals surface area contributed by atoms with E-state index in [1.54, 1.807) is 0 Å². The minimum Gasteiger partial charge on any atom is -0.465 e. The van der Waals surface area contributed by atoms with Gasteiger partial charge in [-0.05, 0) is 31.9 Å². The third-order valence-corrected chi connectivity index (χ3v) is 4.58. The Morgan fingerprint density at radius 2 is 2.09 bits per heavy atom. The smallest absolute Gasteiger partial charge is 0.407 e. The lowest BCUT2D eigenvalue weighted by Crippen LogP contribution is -2.37. The Hall–Kier alpha value is -1.89. The van der Waals surface area contributed by atoms with Crippen LogP contribution in [0, 0.1) is 6.92 Å². The minimum atomic E-state index is -0.849. The first kappa shape index (κ1) is 15.0. The number of hydrogen-bond acceptors (Lipinski definition) is 3. The summed E-state index contributed by atoms with van der Waals surface area (Å²) in [5.41, 5.74) is 0.976. The topological polar surface area (TPSA) is 71.2 Å². The number of carboxylic acid groups (broad SMARTS) is 1. The molecule has 1 fully saturated rings. The number of rotatable bonds is 3. The fourth-order valence-corrected chi connectivity index (χ4v) is 3.16. The molecule has 3 rings (SSSR count). The molecule has 0 aliphatic carbocycles. The second-order valence-electron chi connectivity index (χ2n) is 5.46. The Morgan fingerprint density at radius 1 is 1.36 bits per heavy atom. The van der Waals surface area contributed by atoms with Gasteiger partial charge in [-0.15, -0.1) is 10.2 Å². The monoisotopic (exact) mass is 364 g/mol. The molecule has 1 aromatic carbocycles. The number of carbonyl (C=O) groups is 1. The van der Waals surface area contributed by atoms with Crippen molar-refractivity contribution in [2.45, 2.75) is 32.4 Å². The number of aromatic nitrogens is 3. The lowest BCUT2D eigenvalue weighted by molar-refractivity contribution is 0.136. The highest BCUT2D eigenvalue weighted by atomic mass is 79.9. The predicted octanol–water partition coefficient (Wildman–Crippen LogP) is 3.16. The summed E-state index contributed by atoms with van der Waals surface area (Å²) in [7, 11) is 0. The predicted molar refractivity (Wildman–Crippen MR) is 85.6 cm³/mol. The molecule has 0 saturated carbocycles. The summed E-state index contributed by atoms with van der Waals surface area (Å²) in [4.78, 5) is 12.8. The second-order valence-corrected chi connectivity index (χ2v) is 6.38. The average molecular weight is 365 g/mol. The summed E-state index contributed by atoms with van der Waals surface area (Å²) in [5, 5.41) is 17.7. The van der Waals surface area contributed by atoms with Gasteiger partial charge in [0.2, 0.25) is 0 Å². The number of halogens is 1. The van der Waals surface area contributed by atoms with Crippen molar-refractivity contribution in [3.05, 3.63) is 34.6 Å². The maximum Gasteiger partial charge on any atom is 0.407 e. The molecule has 7 heteroatoms. The van der Waals surface area contributed by atoms with Crippen molar-refractivity contribution in [2.75, 3.05) is 6.54 Å². The molecule has 0 spiro atoms. The molecule has 1 N–H and O–H groups in total. The minimum absolute atomic E-state index is 0.0126. The molecule has 1 atom stereocenters. The number of benzene rings is 1. The third-order valence-electron chi connectivity index (χ3n) is 4.05. The van der Waals surface area contributed by atoms with Gasteiger partial charge in [0.15, 0.2) is 5.82 Å². The Bertz CT molecular complexity index is 683. The van der Waals surface area contributed by atoms with Crippen molar-refractivity contribution in [1.29, 1.82) is 0 Å². The average Bonchev–Trinajstić information content (AvgIpc) is 3.09. The summed E-state index contributed by atoms with van der Waals surface area (Å²) in [6, 6.07) is 7.87. The molecule has 1 aromatic heterocycles. The molecule has 2 heterocycles. The van der Waals surface area contributed by atoms with Crippen LogP contribution in [0.15, 0.2) is 28.7 Å². The first-order chi connectivity index (χ1) is 10.6. The maximum absolute atomic E-state index is 11.3. The fraction of sp³-hybridized carbons (Fsp3) is 0.400. The molecular formula is C15H17BrN4O2. The van der Waals surface area contributed by atoms with Crippen LogP contribution in [0.2, 0.25) is 0 Å². The maximum atomic E-state index is 11.3. The SMILES string of the molecule is Cc1nnc(-c2ccc(Br)cc2)n1CC1CCCN1C(=O)O. The van der Waals surface area contributed by atoms with Crippen LogP contribution in [0.1, 0.15) is 18.7 Å². The van der Waals surface area contributed by atoms with Gasteiger partial charge in [0.1, 0.15) is 5.82 Å². The van der Waals surface area contributed by atoms with E-state index >= 15 is 0 Å². The van der Waals surface area contributed by atoms with E-state index in [1.807, 2.05) is 35.8 Å². The summed E-state index contributed by atoms with van der Waals surface area (Å²) in [5.74, 6) is 1.58. The van der Waals surface area contributed by atoms with Crippen molar-refractivity contribution in [1.82, 2.24) is 19.7 Å². The van der Waals surface area contributed by atoms with E-state index in [2.05, 4.69) is 26.1 Å². The molecule has 1 saturated heterocycles. The van der Waals surface area contributed by atoms with Gasteiger partial charge in [0, 0.05) is 23.1 Å². The van der Waals surface area contributed by atoms with Gasteiger partial charge in [-0.1, -0.05) is 28.1 Å². The Morgan fingerprint density at radius 3 is 2.77 bits per heavy atom. The summed E-state index contributed by atoms with van der Waals surface area (Å²) < 4.78 is 3.02. The zero-order valence-corrected chi connectivity index (χ0v) is 13.8. The molecule has 1 amide bonds. The van der Waals surface area contributed by atoms with Crippen LogP contribution >= 0.6 is 15.9 Å². The standard InChI is InChI=1S/C15H17BrN4O2/c1-10-17-18-14(11-4-6-12(16)7-5-11)20(10)9-13-3-2-8-19(13)15(21)22/h4-7,13H,2-3,8-9H2,1H3,(H,21,22). The van der Waals surface area contributed by atoms with Crippen molar-refractivity contribution >= 4 is 22.0 Å². The van der Waals surface area contributed by atoms with Crippen molar-refractivity contribution in [2.24, 2.45) is 0 Å². The van der Waals surface area contributed by atoms with Crippen LogP contribution in [0.5, 0.6) is 0 Å². The Balaban J connectivity index is 1.89. The molecule has 6 nitrogen and oxygen atoms in total. The van der Waals surface area contributed by atoms with E-state index in [1.165, 1.54) is 4.90 Å². The number of hydrogen-bond donors (Lipinski definition) is 1. The van der Waals surface area contributed by atoms with E-state index in [0.29, 0.717) is 13.1 Å². The highest BCUT2D eigenvalue weighted by Gasteiger charge is 2.29. The largest absolute Gasteiger partial charge is 0.465 e. The van der Waals surface area contributed by atoms with E-state index < -0.39 is 6.09 Å². The van der Waals surface area contributed by atoms with E-state index in [0.717, 1.165) is 34.5 Å². The van der Waals surface area contributed by atoms with Gasteiger partial charge in [0.05, 0.1) is 6.04 Å². The summed E-state index contributed by atoms with van der Waals surface area (Å²) >= 11 is 3.42. The molecule has 0 bridgehead atoms. The second kappa shape index (κ2) is 6.08. The third kappa shape index (κ3) is 2.85. The summed E-state index contributed by atoms with van der Waals surface area (Å²) in [6.07, 6.45) is 0.938. The molecule has 1 aliphatic rings. The van der Waals surface area contributed by atoms with Gasteiger partial charge in [0.25, 0.3) is 0 Å². The summed E-state index contributed by atoms with van der Waals surface area (Å²) in [6.45, 7) is 3.10. The van der Waals surface area contributed by atoms with E-state index in [4.69, 9.17) is 0 Å². The molecule has 22 heavy (non-hydrogen) atoms. The van der Waals surface area contributed by atoms with Crippen molar-refractivity contribution in [3.8, 4) is 11.4 Å². The van der Waals surface area contributed by atoms with Gasteiger partial charge >= 0.3 is 6.09 Å². The number of nitrogens with zero attached hydrogens (tertiary/aromatic N) is 4.